The number of hydrogen-bond donors (Lipinski definition) is 3. The Kier molecular flexibility index (Phi) is 3.41. The molecule has 0 spiro atoms. The summed E-state index contributed by atoms with van der Waals surface area (Å²) in [5.74, 6) is 0.745. The van der Waals surface area contributed by atoms with E-state index in [1.54, 1.807) is 0 Å². The second-order valence-corrected chi connectivity index (χ2v) is 5.30. The molecule has 0 saturated heterocycles. The zero-order valence-electron chi connectivity index (χ0n) is 12.5. The second-order valence-electron chi connectivity index (χ2n) is 5.30. The Morgan fingerprint density at radius 2 is 1.22 bits per heavy atom. The minimum atomic E-state index is 0.745. The van der Waals surface area contributed by atoms with Gasteiger partial charge in [0.15, 0.2) is 0 Å². The van der Waals surface area contributed by atoms with Crippen molar-refractivity contribution in [1.29, 1.82) is 0 Å². The monoisotopic (exact) mass is 300 g/mol. The predicted molar refractivity (Wildman–Crippen MR) is 95.5 cm³/mol. The van der Waals surface area contributed by atoms with E-state index in [1.807, 2.05) is 78.9 Å². The molecule has 0 radical (unpaired) electrons. The van der Waals surface area contributed by atoms with Gasteiger partial charge in [-0.05, 0) is 48.5 Å². The maximum atomic E-state index is 4.52. The van der Waals surface area contributed by atoms with Crippen molar-refractivity contribution in [3.05, 3.63) is 78.9 Å². The van der Waals surface area contributed by atoms with Crippen LogP contribution < -0.4 is 10.6 Å². The number of aromatic amines is 1. The first-order valence-electron chi connectivity index (χ1n) is 7.51. The molecule has 4 nitrogen and oxygen atoms in total. The van der Waals surface area contributed by atoms with Crippen molar-refractivity contribution in [3.63, 3.8) is 0 Å². The number of H-pyrrole nitrogens is 1. The lowest BCUT2D eigenvalue weighted by atomic mass is 10.2. The minimum absolute atomic E-state index is 0.745. The minimum Gasteiger partial charge on any atom is -0.356 e. The summed E-state index contributed by atoms with van der Waals surface area (Å²) in [6.07, 6.45) is 0. The number of imidazole rings is 1. The van der Waals surface area contributed by atoms with E-state index < -0.39 is 0 Å². The van der Waals surface area contributed by atoms with E-state index in [4.69, 9.17) is 0 Å². The number of nitrogens with zero attached hydrogens (tertiary/aromatic N) is 1. The van der Waals surface area contributed by atoms with Gasteiger partial charge in [-0.2, -0.15) is 0 Å². The summed E-state index contributed by atoms with van der Waals surface area (Å²) >= 11 is 0. The van der Waals surface area contributed by atoms with Crippen molar-refractivity contribution < 1.29 is 0 Å². The van der Waals surface area contributed by atoms with Crippen molar-refractivity contribution in [3.8, 4) is 0 Å². The van der Waals surface area contributed by atoms with E-state index in [0.29, 0.717) is 0 Å². The van der Waals surface area contributed by atoms with Gasteiger partial charge in [-0.1, -0.05) is 30.3 Å². The fourth-order valence-corrected chi connectivity index (χ4v) is 2.47. The van der Waals surface area contributed by atoms with Crippen LogP contribution in [-0.2, 0) is 0 Å². The SMILES string of the molecule is c1ccc(Nc2ccc(Nc3nc4ccccc4[nH]3)cc2)cc1. The highest BCUT2D eigenvalue weighted by Crippen LogP contribution is 2.21. The molecule has 1 aromatic heterocycles. The molecule has 1 heterocycles. The van der Waals surface area contributed by atoms with Gasteiger partial charge in [-0.15, -0.1) is 0 Å². The number of nitrogens with one attached hydrogen (secondary N) is 3. The molecule has 0 amide bonds. The normalized spacial score (nSPS) is 10.6. The van der Waals surface area contributed by atoms with Crippen LogP contribution in [0, 0.1) is 0 Å². The summed E-state index contributed by atoms with van der Waals surface area (Å²) in [6, 6.07) is 26.2. The van der Waals surface area contributed by atoms with E-state index in [-0.39, 0.29) is 0 Å². The summed E-state index contributed by atoms with van der Waals surface area (Å²) in [5, 5.41) is 6.66. The van der Waals surface area contributed by atoms with Crippen molar-refractivity contribution in [1.82, 2.24) is 9.97 Å². The van der Waals surface area contributed by atoms with Crippen molar-refractivity contribution in [2.75, 3.05) is 10.6 Å². The lowest BCUT2D eigenvalue weighted by Gasteiger charge is -2.08. The molecule has 0 aliphatic rings. The molecule has 3 N–H and O–H groups in total. The Hall–Kier alpha value is -3.27. The molecule has 0 unspecified atom stereocenters. The van der Waals surface area contributed by atoms with Gasteiger partial charge in [-0.25, -0.2) is 4.98 Å². The van der Waals surface area contributed by atoms with Crippen LogP contribution >= 0.6 is 0 Å². The lowest BCUT2D eigenvalue weighted by molar-refractivity contribution is 1.31. The molecule has 23 heavy (non-hydrogen) atoms. The fourth-order valence-electron chi connectivity index (χ4n) is 2.47. The van der Waals surface area contributed by atoms with Gasteiger partial charge in [0.05, 0.1) is 11.0 Å². The van der Waals surface area contributed by atoms with Crippen molar-refractivity contribution in [2.24, 2.45) is 0 Å². The second kappa shape index (κ2) is 5.85. The van der Waals surface area contributed by atoms with Crippen LogP contribution in [0.4, 0.5) is 23.0 Å². The van der Waals surface area contributed by atoms with E-state index in [0.717, 1.165) is 34.0 Å². The van der Waals surface area contributed by atoms with Gasteiger partial charge in [0.2, 0.25) is 5.95 Å². The van der Waals surface area contributed by atoms with E-state index >= 15 is 0 Å². The molecule has 0 saturated carbocycles. The Bertz CT molecular complexity index is 878. The highest BCUT2D eigenvalue weighted by molar-refractivity contribution is 5.78. The standard InChI is InChI=1S/C19H16N4/c1-2-6-14(7-3-1)20-15-10-12-16(13-11-15)21-19-22-17-8-4-5-9-18(17)23-19/h1-13,20H,(H2,21,22,23). The zero-order valence-corrected chi connectivity index (χ0v) is 12.5. The summed E-state index contributed by atoms with van der Waals surface area (Å²) in [4.78, 5) is 7.78. The molecule has 0 aliphatic heterocycles. The Morgan fingerprint density at radius 1 is 0.609 bits per heavy atom. The number of fused-ring (bicyclic) bond motifs is 1. The fraction of sp³-hybridized carbons (Fsp3) is 0. The average molecular weight is 300 g/mol. The molecule has 4 aromatic rings. The number of rotatable bonds is 4. The van der Waals surface area contributed by atoms with Crippen LogP contribution in [0.3, 0.4) is 0 Å². The zero-order chi connectivity index (χ0) is 15.5. The third-order valence-electron chi connectivity index (χ3n) is 3.60. The first-order valence-corrected chi connectivity index (χ1v) is 7.51. The van der Waals surface area contributed by atoms with Crippen LogP contribution in [0.1, 0.15) is 0 Å². The van der Waals surface area contributed by atoms with Crippen LogP contribution in [-0.4, -0.2) is 9.97 Å². The molecular weight excluding hydrogens is 284 g/mol. The highest BCUT2D eigenvalue weighted by Gasteiger charge is 2.02. The first-order chi connectivity index (χ1) is 11.4. The maximum Gasteiger partial charge on any atom is 0.205 e. The van der Waals surface area contributed by atoms with Gasteiger partial charge in [0.25, 0.3) is 0 Å². The average Bonchev–Trinajstić information content (AvgIpc) is 3.00. The molecule has 0 fully saturated rings. The molecule has 4 rings (SSSR count). The Balaban J connectivity index is 1.49. The molecule has 0 aliphatic carbocycles. The largest absolute Gasteiger partial charge is 0.356 e. The van der Waals surface area contributed by atoms with Gasteiger partial charge in [-0.3, -0.25) is 0 Å². The smallest absolute Gasteiger partial charge is 0.205 e. The Labute approximate surface area is 134 Å². The number of aromatic nitrogens is 2. The van der Waals surface area contributed by atoms with Crippen molar-refractivity contribution >= 4 is 34.0 Å². The van der Waals surface area contributed by atoms with E-state index in [2.05, 4.69) is 20.6 Å². The van der Waals surface area contributed by atoms with E-state index in [1.165, 1.54) is 0 Å². The molecule has 0 bridgehead atoms. The van der Waals surface area contributed by atoms with Crippen molar-refractivity contribution in [2.45, 2.75) is 0 Å². The summed E-state index contributed by atoms with van der Waals surface area (Å²) in [6.45, 7) is 0. The third kappa shape index (κ3) is 3.01. The maximum absolute atomic E-state index is 4.52. The van der Waals surface area contributed by atoms with Crippen LogP contribution in [0.2, 0.25) is 0 Å². The first kappa shape index (κ1) is 13.4. The van der Waals surface area contributed by atoms with Crippen LogP contribution in [0.25, 0.3) is 11.0 Å². The molecule has 112 valence electrons. The summed E-state index contributed by atoms with van der Waals surface area (Å²) in [7, 11) is 0. The van der Waals surface area contributed by atoms with E-state index in [9.17, 15) is 0 Å². The van der Waals surface area contributed by atoms with Gasteiger partial charge < -0.3 is 15.6 Å². The highest BCUT2D eigenvalue weighted by atomic mass is 15.1. The number of benzene rings is 3. The quantitative estimate of drug-likeness (QED) is 0.494. The lowest BCUT2D eigenvalue weighted by Crippen LogP contribution is -1.93. The van der Waals surface area contributed by atoms with Gasteiger partial charge in [0, 0.05) is 17.1 Å². The third-order valence-corrected chi connectivity index (χ3v) is 3.60. The van der Waals surface area contributed by atoms with Gasteiger partial charge >= 0.3 is 0 Å². The Morgan fingerprint density at radius 3 is 1.96 bits per heavy atom. The van der Waals surface area contributed by atoms with Gasteiger partial charge in [0.1, 0.15) is 0 Å². The van der Waals surface area contributed by atoms with Crippen LogP contribution in [0.5, 0.6) is 0 Å². The number of hydrogen-bond acceptors (Lipinski definition) is 3. The molecule has 4 heteroatoms. The molecule has 3 aromatic carbocycles. The molecular formula is C19H16N4. The summed E-state index contributed by atoms with van der Waals surface area (Å²) < 4.78 is 0. The summed E-state index contributed by atoms with van der Waals surface area (Å²) in [5.41, 5.74) is 5.09. The predicted octanol–water partition coefficient (Wildman–Crippen LogP) is 5.05. The number of para-hydroxylation sites is 3. The topological polar surface area (TPSA) is 52.7 Å². The molecule has 0 atom stereocenters. The number of anilines is 4. The van der Waals surface area contributed by atoms with Crippen LogP contribution in [0.15, 0.2) is 78.9 Å².